The van der Waals surface area contributed by atoms with Crippen molar-refractivity contribution in [3.05, 3.63) is 94.5 Å². The van der Waals surface area contributed by atoms with Gasteiger partial charge in [-0.3, -0.25) is 14.6 Å². The number of ether oxygens (including phenoxy) is 1. The zero-order valence-corrected chi connectivity index (χ0v) is 19.3. The van der Waals surface area contributed by atoms with Crippen LogP contribution < -0.4 is 9.64 Å². The van der Waals surface area contributed by atoms with Crippen molar-refractivity contribution >= 4 is 40.8 Å². The summed E-state index contributed by atoms with van der Waals surface area (Å²) in [6.45, 7) is 0.0451. The number of halogens is 3. The van der Waals surface area contributed by atoms with E-state index < -0.39 is 23.6 Å². The van der Waals surface area contributed by atoms with Gasteiger partial charge < -0.3 is 4.74 Å². The highest BCUT2D eigenvalue weighted by molar-refractivity contribution is 7.80. The molecule has 178 valence electrons. The Hall–Kier alpha value is -3.85. The predicted octanol–water partition coefficient (Wildman–Crippen LogP) is 5.55. The Labute approximate surface area is 204 Å². The van der Waals surface area contributed by atoms with Crippen molar-refractivity contribution in [2.24, 2.45) is 4.99 Å². The van der Waals surface area contributed by atoms with Crippen LogP contribution in [0.3, 0.4) is 0 Å². The maximum absolute atomic E-state index is 13.2. The molecule has 9 heteroatoms. The molecule has 1 aliphatic heterocycles. The quantitative estimate of drug-likeness (QED) is 0.245. The van der Waals surface area contributed by atoms with Gasteiger partial charge >= 0.3 is 6.18 Å². The lowest BCUT2D eigenvalue weighted by Crippen LogP contribution is -2.29. The molecule has 0 aromatic heterocycles. The summed E-state index contributed by atoms with van der Waals surface area (Å²) in [5, 5.41) is 0. The maximum Gasteiger partial charge on any atom is 0.416 e. The van der Waals surface area contributed by atoms with Crippen LogP contribution in [0.1, 0.15) is 37.4 Å². The first-order chi connectivity index (χ1) is 16.7. The second-order valence-corrected chi connectivity index (χ2v) is 8.37. The molecule has 35 heavy (non-hydrogen) atoms. The Kier molecular flexibility index (Phi) is 6.79. The smallest absolute Gasteiger partial charge is 0.416 e. The van der Waals surface area contributed by atoms with Crippen LogP contribution >= 0.6 is 12.2 Å². The third-order valence-electron chi connectivity index (χ3n) is 5.46. The van der Waals surface area contributed by atoms with E-state index in [9.17, 15) is 22.8 Å². The van der Waals surface area contributed by atoms with Crippen molar-refractivity contribution < 1.29 is 27.5 Å². The predicted molar refractivity (Wildman–Crippen MR) is 131 cm³/mol. The van der Waals surface area contributed by atoms with Gasteiger partial charge in [-0.15, -0.1) is 0 Å². The second kappa shape index (κ2) is 9.79. The minimum Gasteiger partial charge on any atom is -0.497 e. The van der Waals surface area contributed by atoms with Gasteiger partial charge in [0.15, 0.2) is 0 Å². The Morgan fingerprint density at radius 2 is 1.69 bits per heavy atom. The van der Waals surface area contributed by atoms with Gasteiger partial charge in [-0.2, -0.15) is 13.2 Å². The average molecular weight is 497 g/mol. The summed E-state index contributed by atoms with van der Waals surface area (Å²) in [6, 6.07) is 16.6. The van der Waals surface area contributed by atoms with Crippen LogP contribution in [0.15, 0.2) is 71.7 Å². The molecule has 2 amide bonds. The fourth-order valence-corrected chi connectivity index (χ4v) is 4.01. The van der Waals surface area contributed by atoms with Crippen LogP contribution in [0.2, 0.25) is 0 Å². The molecule has 0 atom stereocenters. The number of thiocarbonyl (C=S) groups is 1. The standard InChI is InChI=1S/C26H19F3N2O3S/c1-34-19-9-7-18(8-10-19)31-24(32)21-11-6-16(12-22(21)25(31)33)14-30-15-20(35)13-17-4-2-3-5-23(17)26(27,28)29/h2-12,14H,13,15H2,1H3. The zero-order chi connectivity index (χ0) is 25.2. The number of carbonyl (C=O) groups is 2. The van der Waals surface area contributed by atoms with Crippen LogP contribution in [0.5, 0.6) is 5.75 Å². The number of carbonyl (C=O) groups excluding carboxylic acids is 2. The highest BCUT2D eigenvalue weighted by atomic mass is 32.1. The van der Waals surface area contributed by atoms with Crippen LogP contribution in [0.4, 0.5) is 18.9 Å². The lowest BCUT2D eigenvalue weighted by molar-refractivity contribution is -0.138. The number of nitrogens with zero attached hydrogens (tertiary/aromatic N) is 2. The van der Waals surface area contributed by atoms with Gasteiger partial charge in [-0.1, -0.05) is 36.5 Å². The van der Waals surface area contributed by atoms with E-state index in [-0.39, 0.29) is 29.7 Å². The highest BCUT2D eigenvalue weighted by Gasteiger charge is 2.36. The van der Waals surface area contributed by atoms with Crippen LogP contribution in [0.25, 0.3) is 0 Å². The monoisotopic (exact) mass is 496 g/mol. The third-order valence-corrected chi connectivity index (χ3v) is 5.73. The maximum atomic E-state index is 13.2. The first-order valence-electron chi connectivity index (χ1n) is 10.5. The number of fused-ring (bicyclic) bond motifs is 1. The summed E-state index contributed by atoms with van der Waals surface area (Å²) in [5.74, 6) is -0.281. The number of methoxy groups -OCH3 is 1. The molecule has 0 fully saturated rings. The highest BCUT2D eigenvalue weighted by Crippen LogP contribution is 2.32. The summed E-state index contributed by atoms with van der Waals surface area (Å²) >= 11 is 5.24. The fraction of sp³-hybridized carbons (Fsp3) is 0.154. The number of hydrogen-bond acceptors (Lipinski definition) is 5. The minimum atomic E-state index is -4.45. The number of rotatable bonds is 7. The van der Waals surface area contributed by atoms with Gasteiger partial charge in [-0.25, -0.2) is 4.90 Å². The summed E-state index contributed by atoms with van der Waals surface area (Å²) in [6.07, 6.45) is -3.00. The average Bonchev–Trinajstić information content (AvgIpc) is 3.08. The van der Waals surface area contributed by atoms with Gasteiger partial charge in [0.25, 0.3) is 11.8 Å². The van der Waals surface area contributed by atoms with E-state index in [1.54, 1.807) is 42.5 Å². The summed E-state index contributed by atoms with van der Waals surface area (Å²) in [4.78, 5) is 31.4. The molecule has 1 aliphatic rings. The Balaban J connectivity index is 1.45. The Morgan fingerprint density at radius 1 is 1.00 bits per heavy atom. The molecule has 1 heterocycles. The molecule has 3 aromatic carbocycles. The van der Waals surface area contributed by atoms with Gasteiger partial charge in [0.2, 0.25) is 0 Å². The third kappa shape index (κ3) is 5.14. The van der Waals surface area contributed by atoms with Crippen LogP contribution in [0, 0.1) is 0 Å². The van der Waals surface area contributed by atoms with Crippen molar-refractivity contribution in [1.82, 2.24) is 0 Å². The Morgan fingerprint density at radius 3 is 2.37 bits per heavy atom. The summed E-state index contributed by atoms with van der Waals surface area (Å²) in [7, 11) is 1.52. The zero-order valence-electron chi connectivity index (χ0n) is 18.5. The summed E-state index contributed by atoms with van der Waals surface area (Å²) < 4.78 is 44.6. The van der Waals surface area contributed by atoms with Gasteiger partial charge in [0.05, 0.1) is 36.0 Å². The fourth-order valence-electron chi connectivity index (χ4n) is 3.78. The Bertz CT molecular complexity index is 1330. The number of alkyl halides is 3. The van der Waals surface area contributed by atoms with E-state index in [2.05, 4.69) is 4.99 Å². The number of hydrogen-bond donors (Lipinski definition) is 0. The van der Waals surface area contributed by atoms with Gasteiger partial charge in [-0.05, 0) is 53.6 Å². The normalized spacial score (nSPS) is 13.4. The molecular weight excluding hydrogens is 477 g/mol. The van der Waals surface area contributed by atoms with Crippen molar-refractivity contribution in [2.75, 3.05) is 18.6 Å². The summed E-state index contributed by atoms with van der Waals surface area (Å²) in [5.41, 5.74) is 0.908. The molecule has 0 radical (unpaired) electrons. The molecule has 3 aromatic rings. The van der Waals surface area contributed by atoms with E-state index in [1.165, 1.54) is 31.5 Å². The van der Waals surface area contributed by atoms with E-state index in [4.69, 9.17) is 17.0 Å². The molecule has 5 nitrogen and oxygen atoms in total. The van der Waals surface area contributed by atoms with Gasteiger partial charge in [0.1, 0.15) is 5.75 Å². The van der Waals surface area contributed by atoms with Crippen LogP contribution in [-0.4, -0.2) is 36.5 Å². The largest absolute Gasteiger partial charge is 0.497 e. The van der Waals surface area contributed by atoms with E-state index in [0.717, 1.165) is 11.0 Å². The molecule has 0 bridgehead atoms. The van der Waals surface area contributed by atoms with E-state index >= 15 is 0 Å². The van der Waals surface area contributed by atoms with Crippen molar-refractivity contribution in [1.29, 1.82) is 0 Å². The second-order valence-electron chi connectivity index (χ2n) is 7.79. The molecule has 0 unspecified atom stereocenters. The molecular formula is C26H19F3N2O3S. The first-order valence-corrected chi connectivity index (χ1v) is 10.9. The molecule has 0 N–H and O–H groups in total. The minimum absolute atomic E-state index is 0.0314. The van der Waals surface area contributed by atoms with E-state index in [1.807, 2.05) is 0 Å². The van der Waals surface area contributed by atoms with Gasteiger partial charge in [0, 0.05) is 17.5 Å². The first kappa shape index (κ1) is 24.3. The lowest BCUT2D eigenvalue weighted by atomic mass is 10.0. The number of benzene rings is 3. The molecule has 0 spiro atoms. The number of aliphatic imine (C=N–C) groups is 1. The number of amides is 2. The SMILES string of the molecule is COc1ccc(N2C(=O)c3ccc(C=NCC(=S)Cc4ccccc4C(F)(F)F)cc3C2=O)cc1. The number of anilines is 1. The van der Waals surface area contributed by atoms with Crippen molar-refractivity contribution in [3.8, 4) is 5.75 Å². The molecule has 0 saturated heterocycles. The van der Waals surface area contributed by atoms with Crippen molar-refractivity contribution in [3.63, 3.8) is 0 Å². The van der Waals surface area contributed by atoms with Crippen molar-refractivity contribution in [2.45, 2.75) is 12.6 Å². The number of imide groups is 1. The van der Waals surface area contributed by atoms with Crippen LogP contribution in [-0.2, 0) is 12.6 Å². The topological polar surface area (TPSA) is 59.0 Å². The van der Waals surface area contributed by atoms with E-state index in [0.29, 0.717) is 21.9 Å². The lowest BCUT2D eigenvalue weighted by Gasteiger charge is -2.14. The molecule has 0 aliphatic carbocycles. The molecule has 0 saturated carbocycles. The molecule has 4 rings (SSSR count).